The Kier molecular flexibility index (Phi) is 11.8. The van der Waals surface area contributed by atoms with Gasteiger partial charge in [0.1, 0.15) is 0 Å². The van der Waals surface area contributed by atoms with E-state index in [1.165, 1.54) is 0 Å². The smallest absolute Gasteiger partial charge is 1.00 e. The molecule has 1 aliphatic heterocycles. The molecule has 1 rings (SSSR count). The fraction of sp³-hybridized carbons (Fsp3) is 0.800. The Morgan fingerprint density at radius 2 is 1.62 bits per heavy atom. The van der Waals surface area contributed by atoms with Gasteiger partial charge in [0.2, 0.25) is 0 Å². The second-order valence-electron chi connectivity index (χ2n) is 1.48. The van der Waals surface area contributed by atoms with Crippen LogP contribution in [-0.4, -0.2) is 36.3 Å². The van der Waals surface area contributed by atoms with Crippen molar-refractivity contribution < 1.29 is 17.1 Å². The Morgan fingerprint density at radius 3 is 1.75 bits per heavy atom. The first-order valence-corrected chi connectivity index (χ1v) is 2.39. The fourth-order valence-electron chi connectivity index (χ4n) is 0.580. The molecule has 1 fully saturated rings. The number of hydrogen-bond donors (Lipinski definition) is 0. The third kappa shape index (κ3) is 5.16. The molecule has 0 aromatic heterocycles. The van der Waals surface area contributed by atoms with Crippen molar-refractivity contribution in [2.45, 2.75) is 12.8 Å². The molecule has 0 aromatic rings. The van der Waals surface area contributed by atoms with Crippen LogP contribution in [0.4, 0.5) is 0 Å². The van der Waals surface area contributed by atoms with E-state index in [1.807, 2.05) is 0 Å². The van der Waals surface area contributed by atoms with Crippen molar-refractivity contribution in [2.24, 2.45) is 0 Å². The van der Waals surface area contributed by atoms with Crippen LogP contribution >= 0.6 is 0 Å². The van der Waals surface area contributed by atoms with Crippen molar-refractivity contribution in [2.75, 3.05) is 13.2 Å². The molecule has 0 amide bonds. The van der Waals surface area contributed by atoms with E-state index in [9.17, 15) is 0 Å². The second-order valence-corrected chi connectivity index (χ2v) is 1.48. The van der Waals surface area contributed by atoms with Crippen molar-refractivity contribution in [3.05, 3.63) is 6.42 Å². The fourth-order valence-corrected chi connectivity index (χ4v) is 0.580. The summed E-state index contributed by atoms with van der Waals surface area (Å²) in [4.78, 5) is 0. The predicted molar refractivity (Wildman–Crippen MR) is 30.1 cm³/mol. The Bertz CT molecular complexity index is 27.9. The van der Waals surface area contributed by atoms with E-state index in [4.69, 9.17) is 4.74 Å². The summed E-state index contributed by atoms with van der Waals surface area (Å²) >= 11 is 0. The third-order valence-corrected chi connectivity index (χ3v) is 0.933. The number of hydrogen-bond acceptors (Lipinski definition) is 1. The quantitative estimate of drug-likeness (QED) is 0.273. The SMILES string of the molecule is [CH-]1CCOCC1.[Cl-].[Mg+2]. The number of ether oxygens (including phenoxy) is 1. The maximum atomic E-state index is 5.04. The van der Waals surface area contributed by atoms with Gasteiger partial charge in [-0.15, -0.1) is 0 Å². The summed E-state index contributed by atoms with van der Waals surface area (Å²) in [5.74, 6) is 0. The summed E-state index contributed by atoms with van der Waals surface area (Å²) in [5.41, 5.74) is 0. The van der Waals surface area contributed by atoms with Crippen LogP contribution in [0.15, 0.2) is 0 Å². The van der Waals surface area contributed by atoms with Gasteiger partial charge >= 0.3 is 23.1 Å². The van der Waals surface area contributed by atoms with Gasteiger partial charge in [-0.05, 0) is 0 Å². The topological polar surface area (TPSA) is 9.23 Å². The normalized spacial score (nSPS) is 18.0. The minimum atomic E-state index is 0. The summed E-state index contributed by atoms with van der Waals surface area (Å²) in [7, 11) is 0. The van der Waals surface area contributed by atoms with Crippen molar-refractivity contribution >= 4 is 23.1 Å². The third-order valence-electron chi connectivity index (χ3n) is 0.933. The number of rotatable bonds is 0. The van der Waals surface area contributed by atoms with E-state index in [0.717, 1.165) is 26.1 Å². The van der Waals surface area contributed by atoms with Crippen molar-refractivity contribution in [3.63, 3.8) is 0 Å². The van der Waals surface area contributed by atoms with Crippen LogP contribution in [0, 0.1) is 6.42 Å². The average Bonchev–Trinajstić information content (AvgIpc) is 1.72. The molecular weight excluding hydrogens is 136 g/mol. The first-order chi connectivity index (χ1) is 3.00. The first kappa shape index (κ1) is 11.8. The summed E-state index contributed by atoms with van der Waals surface area (Å²) in [6.45, 7) is 1.89. The standard InChI is InChI=1S/C5H9O.ClH.Mg/c1-2-4-6-5-3-1;;/h1H,2-5H2;1H;/q-1;;+2/p-1. The molecule has 44 valence electrons. The van der Waals surface area contributed by atoms with Crippen LogP contribution in [-0.2, 0) is 4.74 Å². The van der Waals surface area contributed by atoms with E-state index < -0.39 is 0 Å². The zero-order valence-corrected chi connectivity index (χ0v) is 7.07. The predicted octanol–water partition coefficient (Wildman–Crippen LogP) is -2.38. The summed E-state index contributed by atoms with van der Waals surface area (Å²) < 4.78 is 5.04. The van der Waals surface area contributed by atoms with E-state index in [1.54, 1.807) is 0 Å². The molecule has 0 aromatic carbocycles. The maximum absolute atomic E-state index is 5.04. The Morgan fingerprint density at radius 1 is 1.12 bits per heavy atom. The van der Waals surface area contributed by atoms with Crippen LogP contribution in [0.3, 0.4) is 0 Å². The number of halogens is 1. The largest absolute Gasteiger partial charge is 2.00 e. The monoisotopic (exact) mass is 144 g/mol. The van der Waals surface area contributed by atoms with Gasteiger partial charge in [-0.25, -0.2) is 0 Å². The molecule has 8 heavy (non-hydrogen) atoms. The molecule has 0 atom stereocenters. The van der Waals surface area contributed by atoms with E-state index in [0.29, 0.717) is 0 Å². The molecule has 0 N–H and O–H groups in total. The molecule has 1 aliphatic rings. The van der Waals surface area contributed by atoms with Crippen LogP contribution in [0.5, 0.6) is 0 Å². The van der Waals surface area contributed by atoms with Gasteiger partial charge in [-0.1, -0.05) is 0 Å². The zero-order valence-electron chi connectivity index (χ0n) is 4.90. The van der Waals surface area contributed by atoms with Crippen LogP contribution in [0.25, 0.3) is 0 Å². The maximum Gasteiger partial charge on any atom is 2.00 e. The molecule has 1 nitrogen and oxygen atoms in total. The van der Waals surface area contributed by atoms with Crippen molar-refractivity contribution in [1.82, 2.24) is 0 Å². The van der Waals surface area contributed by atoms with Crippen LogP contribution in [0.1, 0.15) is 12.8 Å². The van der Waals surface area contributed by atoms with Crippen LogP contribution in [0.2, 0.25) is 0 Å². The Balaban J connectivity index is 0. The van der Waals surface area contributed by atoms with E-state index >= 15 is 0 Å². The van der Waals surface area contributed by atoms with E-state index in [2.05, 4.69) is 6.42 Å². The second kappa shape index (κ2) is 8.02. The van der Waals surface area contributed by atoms with Gasteiger partial charge < -0.3 is 23.6 Å². The molecule has 1 heterocycles. The average molecular weight is 145 g/mol. The Hall–Kier alpha value is 1.02. The van der Waals surface area contributed by atoms with Gasteiger partial charge in [0, 0.05) is 13.2 Å². The zero-order chi connectivity index (χ0) is 4.24. The van der Waals surface area contributed by atoms with Gasteiger partial charge in [0.05, 0.1) is 0 Å². The molecule has 0 saturated carbocycles. The van der Waals surface area contributed by atoms with Gasteiger partial charge in [-0.3, -0.25) is 0 Å². The summed E-state index contributed by atoms with van der Waals surface area (Å²) in [6.07, 6.45) is 4.57. The molecule has 1 saturated heterocycles. The molecule has 0 aliphatic carbocycles. The molecule has 0 spiro atoms. The van der Waals surface area contributed by atoms with Crippen molar-refractivity contribution in [1.29, 1.82) is 0 Å². The summed E-state index contributed by atoms with van der Waals surface area (Å²) in [5, 5.41) is 0. The molecular formula is C5H9ClMgO. The Labute approximate surface area is 72.7 Å². The molecule has 0 unspecified atom stereocenters. The van der Waals surface area contributed by atoms with Gasteiger partial charge in [0.25, 0.3) is 0 Å². The minimum absolute atomic E-state index is 0. The molecule has 3 heteroatoms. The minimum Gasteiger partial charge on any atom is -1.00 e. The van der Waals surface area contributed by atoms with E-state index in [-0.39, 0.29) is 35.5 Å². The van der Waals surface area contributed by atoms with Crippen molar-refractivity contribution in [3.8, 4) is 0 Å². The first-order valence-electron chi connectivity index (χ1n) is 2.39. The molecule has 0 bridgehead atoms. The van der Waals surface area contributed by atoms with Gasteiger partial charge in [0.15, 0.2) is 0 Å². The van der Waals surface area contributed by atoms with Crippen LogP contribution < -0.4 is 12.4 Å². The van der Waals surface area contributed by atoms with Gasteiger partial charge in [-0.2, -0.15) is 12.8 Å². The molecule has 0 radical (unpaired) electrons. The summed E-state index contributed by atoms with van der Waals surface area (Å²) in [6, 6.07) is 0.